The van der Waals surface area contributed by atoms with Crippen molar-refractivity contribution >= 4 is 5.97 Å². The largest absolute Gasteiger partial charge is 0.494 e. The molecular formula is C15H15NO4. The van der Waals surface area contributed by atoms with E-state index >= 15 is 0 Å². The molecule has 1 N–H and O–H groups in total. The van der Waals surface area contributed by atoms with Gasteiger partial charge in [0.15, 0.2) is 0 Å². The first kappa shape index (κ1) is 13.9. The predicted octanol–water partition coefficient (Wildman–Crippen LogP) is 2.15. The molecule has 2 rings (SSSR count). The Morgan fingerprint density at radius 3 is 2.70 bits per heavy atom. The van der Waals surface area contributed by atoms with E-state index in [1.165, 1.54) is 10.6 Å². The van der Waals surface area contributed by atoms with Gasteiger partial charge in [-0.2, -0.15) is 0 Å². The Hall–Kier alpha value is -2.56. The molecule has 0 radical (unpaired) electrons. The number of carboxylic acid groups (broad SMARTS) is 1. The van der Waals surface area contributed by atoms with E-state index in [0.29, 0.717) is 18.1 Å². The number of aromatic nitrogens is 1. The third-order valence-electron chi connectivity index (χ3n) is 2.98. The highest BCUT2D eigenvalue weighted by Crippen LogP contribution is 2.22. The number of benzene rings is 1. The molecule has 0 saturated heterocycles. The van der Waals surface area contributed by atoms with Crippen LogP contribution in [0.1, 0.15) is 17.3 Å². The molecule has 5 heteroatoms. The number of aromatic carboxylic acids is 1. The molecule has 20 heavy (non-hydrogen) atoms. The molecule has 0 aliphatic heterocycles. The molecule has 2 aromatic rings. The third-order valence-corrected chi connectivity index (χ3v) is 2.98. The SMILES string of the molecule is CCOc1cccc(-c2ccc(C(=O)O)c(=O)n2C)c1. The van der Waals surface area contributed by atoms with Crippen molar-refractivity contribution < 1.29 is 14.6 Å². The van der Waals surface area contributed by atoms with Crippen molar-refractivity contribution in [2.45, 2.75) is 6.92 Å². The molecule has 0 bridgehead atoms. The second-order valence-electron chi connectivity index (χ2n) is 4.26. The Bertz CT molecular complexity index is 703. The van der Waals surface area contributed by atoms with Gasteiger partial charge in [0.05, 0.1) is 12.3 Å². The zero-order valence-electron chi connectivity index (χ0n) is 11.3. The highest BCUT2D eigenvalue weighted by atomic mass is 16.5. The second-order valence-corrected chi connectivity index (χ2v) is 4.26. The number of rotatable bonds is 4. The van der Waals surface area contributed by atoms with Crippen LogP contribution in [-0.2, 0) is 7.05 Å². The number of pyridine rings is 1. The summed E-state index contributed by atoms with van der Waals surface area (Å²) in [6.07, 6.45) is 0. The Morgan fingerprint density at radius 2 is 2.05 bits per heavy atom. The van der Waals surface area contributed by atoms with E-state index in [2.05, 4.69) is 0 Å². The van der Waals surface area contributed by atoms with Crippen molar-refractivity contribution in [1.82, 2.24) is 4.57 Å². The number of hydrogen-bond acceptors (Lipinski definition) is 3. The van der Waals surface area contributed by atoms with E-state index in [0.717, 1.165) is 5.56 Å². The highest BCUT2D eigenvalue weighted by Gasteiger charge is 2.13. The lowest BCUT2D eigenvalue weighted by atomic mass is 10.1. The van der Waals surface area contributed by atoms with Crippen molar-refractivity contribution in [2.24, 2.45) is 7.05 Å². The molecule has 0 aliphatic rings. The third kappa shape index (κ3) is 2.56. The van der Waals surface area contributed by atoms with Crippen LogP contribution in [-0.4, -0.2) is 22.2 Å². The van der Waals surface area contributed by atoms with Crippen LogP contribution in [0.15, 0.2) is 41.2 Å². The minimum absolute atomic E-state index is 0.239. The van der Waals surface area contributed by atoms with E-state index < -0.39 is 11.5 Å². The van der Waals surface area contributed by atoms with Crippen molar-refractivity contribution in [1.29, 1.82) is 0 Å². The summed E-state index contributed by atoms with van der Waals surface area (Å²) in [5, 5.41) is 8.93. The number of hydrogen-bond donors (Lipinski definition) is 1. The molecule has 0 amide bonds. The molecule has 1 aromatic carbocycles. The first-order valence-electron chi connectivity index (χ1n) is 6.21. The fourth-order valence-corrected chi connectivity index (χ4v) is 2.00. The summed E-state index contributed by atoms with van der Waals surface area (Å²) in [4.78, 5) is 22.9. The van der Waals surface area contributed by atoms with Gasteiger partial charge in [-0.15, -0.1) is 0 Å². The van der Waals surface area contributed by atoms with E-state index in [1.54, 1.807) is 13.1 Å². The van der Waals surface area contributed by atoms with Gasteiger partial charge in [-0.3, -0.25) is 4.79 Å². The van der Waals surface area contributed by atoms with Crippen LogP contribution in [0.5, 0.6) is 5.75 Å². The summed E-state index contributed by atoms with van der Waals surface area (Å²) >= 11 is 0. The number of carboxylic acids is 1. The topological polar surface area (TPSA) is 68.5 Å². The lowest BCUT2D eigenvalue weighted by Crippen LogP contribution is -2.25. The van der Waals surface area contributed by atoms with Crippen LogP contribution in [0, 0.1) is 0 Å². The minimum atomic E-state index is -1.22. The van der Waals surface area contributed by atoms with E-state index in [9.17, 15) is 9.59 Å². The number of nitrogens with zero attached hydrogens (tertiary/aromatic N) is 1. The van der Waals surface area contributed by atoms with E-state index in [1.807, 2.05) is 31.2 Å². The van der Waals surface area contributed by atoms with Crippen LogP contribution >= 0.6 is 0 Å². The first-order chi connectivity index (χ1) is 9.54. The quantitative estimate of drug-likeness (QED) is 0.926. The van der Waals surface area contributed by atoms with Crippen LogP contribution in [0.25, 0.3) is 11.3 Å². The van der Waals surface area contributed by atoms with Gasteiger partial charge in [0.25, 0.3) is 5.56 Å². The Labute approximate surface area is 116 Å². The van der Waals surface area contributed by atoms with Gasteiger partial charge in [0, 0.05) is 12.6 Å². The monoisotopic (exact) mass is 273 g/mol. The van der Waals surface area contributed by atoms with Gasteiger partial charge in [0.1, 0.15) is 11.3 Å². The maximum Gasteiger partial charge on any atom is 0.341 e. The van der Waals surface area contributed by atoms with Crippen LogP contribution < -0.4 is 10.3 Å². The number of ether oxygens (including phenoxy) is 1. The summed E-state index contributed by atoms with van der Waals surface area (Å²) in [5.74, 6) is -0.514. The molecule has 0 atom stereocenters. The lowest BCUT2D eigenvalue weighted by molar-refractivity contribution is 0.0694. The second kappa shape index (κ2) is 5.61. The zero-order valence-corrected chi connectivity index (χ0v) is 11.3. The maximum absolute atomic E-state index is 12.0. The molecule has 0 aliphatic carbocycles. The average Bonchev–Trinajstić information content (AvgIpc) is 2.42. The zero-order chi connectivity index (χ0) is 14.7. The van der Waals surface area contributed by atoms with Gasteiger partial charge in [-0.1, -0.05) is 12.1 Å². The normalized spacial score (nSPS) is 10.3. The molecule has 5 nitrogen and oxygen atoms in total. The first-order valence-corrected chi connectivity index (χ1v) is 6.21. The van der Waals surface area contributed by atoms with E-state index in [4.69, 9.17) is 9.84 Å². The van der Waals surface area contributed by atoms with Gasteiger partial charge in [0.2, 0.25) is 0 Å². The van der Waals surface area contributed by atoms with Crippen LogP contribution in [0.4, 0.5) is 0 Å². The van der Waals surface area contributed by atoms with E-state index in [-0.39, 0.29) is 5.56 Å². The molecule has 1 aromatic heterocycles. The molecule has 104 valence electrons. The van der Waals surface area contributed by atoms with Crippen molar-refractivity contribution in [3.63, 3.8) is 0 Å². The lowest BCUT2D eigenvalue weighted by Gasteiger charge is -2.11. The van der Waals surface area contributed by atoms with Gasteiger partial charge in [-0.25, -0.2) is 4.79 Å². The molecule has 0 spiro atoms. The van der Waals surface area contributed by atoms with Crippen molar-refractivity contribution in [3.8, 4) is 17.0 Å². The fraction of sp³-hybridized carbons (Fsp3) is 0.200. The smallest absolute Gasteiger partial charge is 0.341 e. The Morgan fingerprint density at radius 1 is 1.30 bits per heavy atom. The standard InChI is InChI=1S/C15H15NO4/c1-3-20-11-6-4-5-10(9-11)13-8-7-12(15(18)19)14(17)16(13)2/h4-9H,3H2,1-2H3,(H,18,19). The minimum Gasteiger partial charge on any atom is -0.494 e. The Kier molecular flexibility index (Phi) is 3.89. The summed E-state index contributed by atoms with van der Waals surface area (Å²) in [6.45, 7) is 2.45. The van der Waals surface area contributed by atoms with Crippen LogP contribution in [0.3, 0.4) is 0 Å². The molecule has 0 fully saturated rings. The predicted molar refractivity (Wildman–Crippen MR) is 75.2 cm³/mol. The average molecular weight is 273 g/mol. The molecular weight excluding hydrogens is 258 g/mol. The molecule has 1 heterocycles. The summed E-state index contributed by atoms with van der Waals surface area (Å²) in [7, 11) is 1.55. The number of carbonyl (C=O) groups is 1. The van der Waals surface area contributed by atoms with Crippen LogP contribution in [0.2, 0.25) is 0 Å². The van der Waals surface area contributed by atoms with Crippen molar-refractivity contribution in [2.75, 3.05) is 6.61 Å². The fourth-order valence-electron chi connectivity index (χ4n) is 2.00. The van der Waals surface area contributed by atoms with Gasteiger partial charge < -0.3 is 14.4 Å². The summed E-state index contributed by atoms with van der Waals surface area (Å²) < 4.78 is 6.75. The van der Waals surface area contributed by atoms with Crippen molar-refractivity contribution in [3.05, 3.63) is 52.3 Å². The van der Waals surface area contributed by atoms with Gasteiger partial charge in [-0.05, 0) is 31.2 Å². The highest BCUT2D eigenvalue weighted by molar-refractivity contribution is 5.87. The molecule has 0 unspecified atom stereocenters. The molecule has 0 saturated carbocycles. The Balaban J connectivity index is 2.54. The van der Waals surface area contributed by atoms with Gasteiger partial charge >= 0.3 is 5.97 Å². The summed E-state index contributed by atoms with van der Waals surface area (Å²) in [5.41, 5.74) is 0.670. The summed E-state index contributed by atoms with van der Waals surface area (Å²) in [6, 6.07) is 10.3. The maximum atomic E-state index is 12.0.